The highest BCUT2D eigenvalue weighted by Gasteiger charge is 2.12. The number of amides is 1. The number of phenols is 1. The Bertz CT molecular complexity index is 613. The van der Waals surface area contributed by atoms with Crippen LogP contribution in [0, 0.1) is 5.82 Å². The Morgan fingerprint density at radius 2 is 2.05 bits per heavy atom. The minimum absolute atomic E-state index is 0.00391. The Hall–Kier alpha value is -2.56. The second kappa shape index (κ2) is 5.39. The van der Waals surface area contributed by atoms with E-state index >= 15 is 0 Å². The zero-order chi connectivity index (χ0) is 13.8. The molecule has 2 aromatic carbocycles. The normalized spacial score (nSPS) is 10.0. The Balaban J connectivity index is 2.20. The van der Waals surface area contributed by atoms with E-state index < -0.39 is 17.5 Å². The van der Waals surface area contributed by atoms with Crippen molar-refractivity contribution in [3.63, 3.8) is 0 Å². The van der Waals surface area contributed by atoms with E-state index in [0.717, 1.165) is 12.1 Å². The summed E-state index contributed by atoms with van der Waals surface area (Å²) in [7, 11) is 1.52. The highest BCUT2D eigenvalue weighted by Crippen LogP contribution is 2.21. The third-order valence-electron chi connectivity index (χ3n) is 2.53. The highest BCUT2D eigenvalue weighted by atomic mass is 19.1. The lowest BCUT2D eigenvalue weighted by Gasteiger charge is -2.08. The Morgan fingerprint density at radius 1 is 1.26 bits per heavy atom. The summed E-state index contributed by atoms with van der Waals surface area (Å²) in [6, 6.07) is 10.0. The molecule has 4 nitrogen and oxygen atoms in total. The van der Waals surface area contributed by atoms with E-state index in [1.165, 1.54) is 13.2 Å². The highest BCUT2D eigenvalue weighted by molar-refractivity contribution is 6.06. The lowest BCUT2D eigenvalue weighted by Crippen LogP contribution is -2.12. The molecule has 0 aliphatic rings. The van der Waals surface area contributed by atoms with E-state index in [4.69, 9.17) is 4.74 Å². The minimum Gasteiger partial charge on any atom is -0.507 e. The van der Waals surface area contributed by atoms with Crippen LogP contribution in [0.15, 0.2) is 42.5 Å². The number of carbonyl (C=O) groups excluding carboxylic acids is 1. The molecule has 0 atom stereocenters. The number of anilines is 1. The lowest BCUT2D eigenvalue weighted by atomic mass is 10.1. The first-order chi connectivity index (χ1) is 9.10. The number of rotatable bonds is 3. The van der Waals surface area contributed by atoms with Crippen LogP contribution >= 0.6 is 0 Å². The quantitative estimate of drug-likeness (QED) is 0.893. The number of methoxy groups -OCH3 is 1. The summed E-state index contributed by atoms with van der Waals surface area (Å²) >= 11 is 0. The summed E-state index contributed by atoms with van der Waals surface area (Å²) in [4.78, 5) is 11.9. The van der Waals surface area contributed by atoms with Crippen molar-refractivity contribution in [3.05, 3.63) is 53.8 Å². The van der Waals surface area contributed by atoms with Gasteiger partial charge in [0, 0.05) is 17.8 Å². The first kappa shape index (κ1) is 12.9. The summed E-state index contributed by atoms with van der Waals surface area (Å²) in [5.74, 6) is -0.928. The maximum Gasteiger partial charge on any atom is 0.259 e. The van der Waals surface area contributed by atoms with Crippen LogP contribution < -0.4 is 10.1 Å². The van der Waals surface area contributed by atoms with E-state index in [2.05, 4.69) is 5.32 Å². The van der Waals surface area contributed by atoms with Crippen molar-refractivity contribution in [2.24, 2.45) is 0 Å². The second-order valence-electron chi connectivity index (χ2n) is 3.85. The van der Waals surface area contributed by atoms with E-state index in [1.54, 1.807) is 24.3 Å². The summed E-state index contributed by atoms with van der Waals surface area (Å²) in [6.07, 6.45) is 0. The fourth-order valence-corrected chi connectivity index (χ4v) is 1.60. The molecular formula is C14H12FNO3. The average molecular weight is 261 g/mol. The molecular weight excluding hydrogens is 249 g/mol. The fourth-order valence-electron chi connectivity index (χ4n) is 1.60. The van der Waals surface area contributed by atoms with Gasteiger partial charge in [-0.05, 0) is 24.3 Å². The van der Waals surface area contributed by atoms with Gasteiger partial charge in [0.2, 0.25) is 0 Å². The zero-order valence-corrected chi connectivity index (χ0v) is 10.2. The molecule has 0 fully saturated rings. The maximum atomic E-state index is 12.8. The number of aromatic hydroxyl groups is 1. The number of ether oxygens (including phenoxy) is 1. The molecule has 0 spiro atoms. The molecule has 0 unspecified atom stereocenters. The molecule has 2 rings (SSSR count). The number of hydrogen-bond acceptors (Lipinski definition) is 3. The molecule has 0 heterocycles. The van der Waals surface area contributed by atoms with Gasteiger partial charge in [-0.3, -0.25) is 4.79 Å². The van der Waals surface area contributed by atoms with Gasteiger partial charge < -0.3 is 15.2 Å². The summed E-state index contributed by atoms with van der Waals surface area (Å²) in [5, 5.41) is 12.1. The molecule has 2 N–H and O–H groups in total. The molecule has 1 amide bonds. The smallest absolute Gasteiger partial charge is 0.259 e. The van der Waals surface area contributed by atoms with Gasteiger partial charge in [-0.1, -0.05) is 6.07 Å². The SMILES string of the molecule is COc1cccc(NC(=O)c2ccc(F)cc2O)c1. The third kappa shape index (κ3) is 3.01. The van der Waals surface area contributed by atoms with Gasteiger partial charge in [0.25, 0.3) is 5.91 Å². The Kier molecular flexibility index (Phi) is 3.66. The zero-order valence-electron chi connectivity index (χ0n) is 10.2. The first-order valence-corrected chi connectivity index (χ1v) is 5.54. The topological polar surface area (TPSA) is 58.6 Å². The predicted octanol–water partition coefficient (Wildman–Crippen LogP) is 2.79. The van der Waals surface area contributed by atoms with Crippen LogP contribution in [-0.2, 0) is 0 Å². The van der Waals surface area contributed by atoms with E-state index in [1.807, 2.05) is 0 Å². The van der Waals surface area contributed by atoms with Gasteiger partial charge in [-0.2, -0.15) is 0 Å². The molecule has 98 valence electrons. The third-order valence-corrected chi connectivity index (χ3v) is 2.53. The number of phenolic OH excluding ortho intramolecular Hbond substituents is 1. The fraction of sp³-hybridized carbons (Fsp3) is 0.0714. The molecule has 19 heavy (non-hydrogen) atoms. The monoisotopic (exact) mass is 261 g/mol. The second-order valence-corrected chi connectivity index (χ2v) is 3.85. The van der Waals surface area contributed by atoms with E-state index in [0.29, 0.717) is 11.4 Å². The van der Waals surface area contributed by atoms with Crippen LogP contribution in [0.3, 0.4) is 0 Å². The molecule has 0 aromatic heterocycles. The van der Waals surface area contributed by atoms with Gasteiger partial charge >= 0.3 is 0 Å². The number of benzene rings is 2. The van der Waals surface area contributed by atoms with Crippen molar-refractivity contribution in [1.29, 1.82) is 0 Å². The van der Waals surface area contributed by atoms with Crippen LogP contribution in [0.2, 0.25) is 0 Å². The molecule has 0 aliphatic carbocycles. The summed E-state index contributed by atoms with van der Waals surface area (Å²) < 4.78 is 17.9. The first-order valence-electron chi connectivity index (χ1n) is 5.54. The molecule has 2 aromatic rings. The average Bonchev–Trinajstić information content (AvgIpc) is 2.38. The largest absolute Gasteiger partial charge is 0.507 e. The standard InChI is InChI=1S/C14H12FNO3/c1-19-11-4-2-3-10(8-11)16-14(18)12-6-5-9(15)7-13(12)17/h2-8,17H,1H3,(H,16,18). The molecule has 0 radical (unpaired) electrons. The van der Waals surface area contributed by atoms with Crippen molar-refractivity contribution < 1.29 is 19.0 Å². The summed E-state index contributed by atoms with van der Waals surface area (Å²) in [5.41, 5.74) is 0.525. The number of carbonyl (C=O) groups is 1. The molecule has 5 heteroatoms. The van der Waals surface area contributed by atoms with Crippen LogP contribution in [-0.4, -0.2) is 18.1 Å². The van der Waals surface area contributed by atoms with E-state index in [-0.39, 0.29) is 5.56 Å². The van der Waals surface area contributed by atoms with Crippen molar-refractivity contribution in [2.75, 3.05) is 12.4 Å². The van der Waals surface area contributed by atoms with Crippen molar-refractivity contribution in [1.82, 2.24) is 0 Å². The van der Waals surface area contributed by atoms with Crippen molar-refractivity contribution in [3.8, 4) is 11.5 Å². The maximum absolute atomic E-state index is 12.8. The molecule has 0 saturated carbocycles. The molecule has 0 bridgehead atoms. The Morgan fingerprint density at radius 3 is 2.74 bits per heavy atom. The minimum atomic E-state index is -0.601. The van der Waals surface area contributed by atoms with Gasteiger partial charge in [-0.25, -0.2) is 4.39 Å². The Labute approximate surface area is 109 Å². The van der Waals surface area contributed by atoms with Crippen LogP contribution in [0.5, 0.6) is 11.5 Å². The number of hydrogen-bond donors (Lipinski definition) is 2. The van der Waals surface area contributed by atoms with Crippen LogP contribution in [0.4, 0.5) is 10.1 Å². The van der Waals surface area contributed by atoms with Crippen LogP contribution in [0.1, 0.15) is 10.4 Å². The van der Waals surface area contributed by atoms with E-state index in [9.17, 15) is 14.3 Å². The van der Waals surface area contributed by atoms with Gasteiger partial charge in [-0.15, -0.1) is 0 Å². The summed E-state index contributed by atoms with van der Waals surface area (Å²) in [6.45, 7) is 0. The van der Waals surface area contributed by atoms with Crippen LogP contribution in [0.25, 0.3) is 0 Å². The predicted molar refractivity (Wildman–Crippen MR) is 69.0 cm³/mol. The number of nitrogens with one attached hydrogen (secondary N) is 1. The van der Waals surface area contributed by atoms with Crippen molar-refractivity contribution >= 4 is 11.6 Å². The number of halogens is 1. The molecule has 0 aliphatic heterocycles. The van der Waals surface area contributed by atoms with Gasteiger partial charge in [0.1, 0.15) is 17.3 Å². The van der Waals surface area contributed by atoms with Crippen molar-refractivity contribution in [2.45, 2.75) is 0 Å². The lowest BCUT2D eigenvalue weighted by molar-refractivity contribution is 0.102. The van der Waals surface area contributed by atoms with Gasteiger partial charge in [0.05, 0.1) is 12.7 Å². The molecule has 0 saturated heterocycles. The van der Waals surface area contributed by atoms with Gasteiger partial charge in [0.15, 0.2) is 0 Å².